The molecule has 0 unspecified atom stereocenters. The predicted octanol–water partition coefficient (Wildman–Crippen LogP) is 3.83. The Bertz CT molecular complexity index is 1130. The molecule has 5 rings (SSSR count). The van der Waals surface area contributed by atoms with Gasteiger partial charge in [-0.3, -0.25) is 19.1 Å². The molecular weight excluding hydrogens is 428 g/mol. The molecule has 1 aliphatic carbocycles. The maximum absolute atomic E-state index is 13.4. The van der Waals surface area contributed by atoms with Gasteiger partial charge in [0.15, 0.2) is 17.3 Å². The molecule has 2 aromatic rings. The molecule has 1 saturated heterocycles. The predicted molar refractivity (Wildman–Crippen MR) is 109 cm³/mol. The molecule has 0 atom stereocenters. The minimum atomic E-state index is -1.31. The molecule has 156 valence electrons. The van der Waals surface area contributed by atoms with Crippen molar-refractivity contribution in [3.8, 4) is 11.3 Å². The lowest BCUT2D eigenvalue weighted by atomic mass is 9.78. The lowest BCUT2D eigenvalue weighted by Crippen LogP contribution is -2.42. The van der Waals surface area contributed by atoms with E-state index in [4.69, 9.17) is 21.4 Å². The average molecular weight is 447 g/mol. The zero-order valence-electron chi connectivity index (χ0n) is 16.7. The average Bonchev–Trinajstić information content (AvgIpc) is 3.35. The summed E-state index contributed by atoms with van der Waals surface area (Å²) in [6.45, 7) is 6.37. The molecule has 1 spiro atoms. The van der Waals surface area contributed by atoms with E-state index in [0.29, 0.717) is 28.6 Å². The SMILES string of the molecule is CCn1nc2c(c1Cl)CSc1c(C)cc(C(=O)C3C(=O)CC4(CC3=O)OO4)c(C)c1-2. The maximum Gasteiger partial charge on any atom is 0.247 e. The third-order valence-corrected chi connectivity index (χ3v) is 7.65. The number of thioether (sulfide) groups is 1. The number of benzene rings is 1. The van der Waals surface area contributed by atoms with Crippen LogP contribution >= 0.6 is 23.4 Å². The van der Waals surface area contributed by atoms with Gasteiger partial charge in [0.1, 0.15) is 11.1 Å². The van der Waals surface area contributed by atoms with Gasteiger partial charge in [-0.1, -0.05) is 11.6 Å². The lowest BCUT2D eigenvalue weighted by molar-refractivity contribution is -0.135. The molecule has 3 heterocycles. The van der Waals surface area contributed by atoms with Gasteiger partial charge in [-0.25, -0.2) is 0 Å². The first-order valence-corrected chi connectivity index (χ1v) is 11.1. The van der Waals surface area contributed by atoms with Crippen LogP contribution in [-0.4, -0.2) is 32.9 Å². The van der Waals surface area contributed by atoms with Gasteiger partial charge in [0.05, 0.1) is 18.5 Å². The van der Waals surface area contributed by atoms with Gasteiger partial charge in [0.2, 0.25) is 5.79 Å². The minimum Gasteiger partial charge on any atom is -0.298 e. The number of aryl methyl sites for hydroxylation is 2. The number of hydrogen-bond donors (Lipinski definition) is 0. The van der Waals surface area contributed by atoms with E-state index in [9.17, 15) is 14.4 Å². The van der Waals surface area contributed by atoms with Crippen LogP contribution in [0.4, 0.5) is 0 Å². The Labute approximate surface area is 182 Å². The summed E-state index contributed by atoms with van der Waals surface area (Å²) in [5.41, 5.74) is 4.58. The van der Waals surface area contributed by atoms with Crippen molar-refractivity contribution in [1.29, 1.82) is 0 Å². The molecule has 0 amide bonds. The van der Waals surface area contributed by atoms with E-state index in [2.05, 4.69) is 5.10 Å². The third kappa shape index (κ3) is 2.81. The summed E-state index contributed by atoms with van der Waals surface area (Å²) in [4.78, 5) is 49.3. The highest BCUT2D eigenvalue weighted by Gasteiger charge is 2.59. The van der Waals surface area contributed by atoms with Crippen LogP contribution in [0.1, 0.15) is 46.8 Å². The first-order chi connectivity index (χ1) is 14.3. The number of hydrogen-bond acceptors (Lipinski definition) is 7. The zero-order valence-corrected chi connectivity index (χ0v) is 18.3. The Kier molecular flexibility index (Phi) is 4.49. The van der Waals surface area contributed by atoms with Crippen molar-refractivity contribution in [2.24, 2.45) is 5.92 Å². The van der Waals surface area contributed by atoms with Gasteiger partial charge in [-0.05, 0) is 38.0 Å². The summed E-state index contributed by atoms with van der Waals surface area (Å²) < 4.78 is 1.74. The van der Waals surface area contributed by atoms with Crippen LogP contribution in [-0.2, 0) is 31.7 Å². The molecule has 9 heteroatoms. The summed E-state index contributed by atoms with van der Waals surface area (Å²) in [7, 11) is 0. The third-order valence-electron chi connectivity index (χ3n) is 5.98. The number of nitrogens with zero attached hydrogens (tertiary/aromatic N) is 2. The maximum atomic E-state index is 13.4. The molecule has 1 aromatic heterocycles. The molecule has 2 aliphatic heterocycles. The van der Waals surface area contributed by atoms with Crippen LogP contribution < -0.4 is 0 Å². The normalized spacial score (nSPS) is 19.7. The molecular formula is C21H19ClN2O5S. The fraction of sp³-hybridized carbons (Fsp3) is 0.429. The van der Waals surface area contributed by atoms with E-state index in [-0.39, 0.29) is 12.8 Å². The first-order valence-electron chi connectivity index (χ1n) is 9.75. The van der Waals surface area contributed by atoms with Crippen LogP contribution in [0.5, 0.6) is 0 Å². The number of ketones is 3. The molecule has 2 fully saturated rings. The van der Waals surface area contributed by atoms with Crippen LogP contribution in [0.25, 0.3) is 11.3 Å². The fourth-order valence-corrected chi connectivity index (χ4v) is 6.02. The van der Waals surface area contributed by atoms with E-state index in [1.165, 1.54) is 0 Å². The number of aromatic nitrogens is 2. The Morgan fingerprint density at radius 3 is 2.57 bits per heavy atom. The lowest BCUT2D eigenvalue weighted by Gasteiger charge is -2.24. The van der Waals surface area contributed by atoms with Crippen molar-refractivity contribution in [2.75, 3.05) is 0 Å². The van der Waals surface area contributed by atoms with Crippen molar-refractivity contribution in [1.82, 2.24) is 9.78 Å². The largest absolute Gasteiger partial charge is 0.298 e. The Morgan fingerprint density at radius 1 is 1.30 bits per heavy atom. The van der Waals surface area contributed by atoms with Crippen LogP contribution in [0.2, 0.25) is 5.15 Å². The Hall–Kier alpha value is -2.00. The van der Waals surface area contributed by atoms with Gasteiger partial charge in [0.25, 0.3) is 0 Å². The van der Waals surface area contributed by atoms with E-state index in [0.717, 1.165) is 27.3 Å². The van der Waals surface area contributed by atoms with Crippen molar-refractivity contribution in [3.05, 3.63) is 33.5 Å². The van der Waals surface area contributed by atoms with Crippen LogP contribution in [0, 0.1) is 19.8 Å². The molecule has 7 nitrogen and oxygen atoms in total. The van der Waals surface area contributed by atoms with E-state index in [1.54, 1.807) is 22.5 Å². The quantitative estimate of drug-likeness (QED) is 0.306. The molecule has 3 aliphatic rings. The number of carbonyl (C=O) groups is 3. The Morgan fingerprint density at radius 2 is 1.97 bits per heavy atom. The summed E-state index contributed by atoms with van der Waals surface area (Å²) >= 11 is 8.16. The molecule has 0 bridgehead atoms. The topological polar surface area (TPSA) is 94.1 Å². The van der Waals surface area contributed by atoms with Crippen molar-refractivity contribution >= 4 is 40.7 Å². The van der Waals surface area contributed by atoms with E-state index < -0.39 is 29.1 Å². The monoisotopic (exact) mass is 446 g/mol. The summed E-state index contributed by atoms with van der Waals surface area (Å²) in [6, 6.07) is 1.78. The van der Waals surface area contributed by atoms with Crippen molar-refractivity contribution in [3.63, 3.8) is 0 Å². The smallest absolute Gasteiger partial charge is 0.247 e. The number of Topliss-reactive ketones (excluding diaryl/α,β-unsaturated/α-hetero) is 3. The second-order valence-corrected chi connectivity index (χ2v) is 9.30. The van der Waals surface area contributed by atoms with Crippen molar-refractivity contribution < 1.29 is 24.2 Å². The molecule has 0 radical (unpaired) electrons. The number of fused-ring (bicyclic) bond motifs is 3. The van der Waals surface area contributed by atoms with Crippen LogP contribution in [0.3, 0.4) is 0 Å². The first kappa shape index (κ1) is 19.9. The second-order valence-electron chi connectivity index (χ2n) is 7.95. The highest BCUT2D eigenvalue weighted by Crippen LogP contribution is 2.48. The van der Waals surface area contributed by atoms with Gasteiger partial charge < -0.3 is 0 Å². The number of rotatable bonds is 3. The van der Waals surface area contributed by atoms with Crippen molar-refractivity contribution in [2.45, 2.75) is 56.6 Å². The standard InChI is InChI=1S/C21H19ClN2O5S/c1-4-24-20(22)12-8-30-19-9(2)5-11(10(3)15(19)17(12)23-24)18(27)16-13(25)6-21(28-29-21)7-14(16)26/h5,16H,4,6-8H2,1-3H3. The number of carbonyl (C=O) groups excluding carboxylic acids is 3. The summed E-state index contributed by atoms with van der Waals surface area (Å²) in [6.07, 6.45) is -0.177. The second kappa shape index (κ2) is 6.75. The highest BCUT2D eigenvalue weighted by atomic mass is 35.5. The van der Waals surface area contributed by atoms with Crippen LogP contribution in [0.15, 0.2) is 11.0 Å². The van der Waals surface area contributed by atoms with E-state index in [1.807, 2.05) is 20.8 Å². The molecule has 1 saturated carbocycles. The number of halogens is 1. The molecule has 0 N–H and O–H groups in total. The molecule has 30 heavy (non-hydrogen) atoms. The van der Waals surface area contributed by atoms with Gasteiger partial charge in [0, 0.05) is 33.9 Å². The van der Waals surface area contributed by atoms with Gasteiger partial charge >= 0.3 is 0 Å². The van der Waals surface area contributed by atoms with Gasteiger partial charge in [-0.15, -0.1) is 11.8 Å². The zero-order chi connectivity index (χ0) is 21.4. The summed E-state index contributed by atoms with van der Waals surface area (Å²) in [5.74, 6) is -3.14. The highest BCUT2D eigenvalue weighted by molar-refractivity contribution is 7.98. The molecule has 1 aromatic carbocycles. The Balaban J connectivity index is 1.61. The van der Waals surface area contributed by atoms with E-state index >= 15 is 0 Å². The summed E-state index contributed by atoms with van der Waals surface area (Å²) in [5, 5.41) is 5.28. The fourth-order valence-electron chi connectivity index (χ4n) is 4.38. The van der Waals surface area contributed by atoms with Gasteiger partial charge in [-0.2, -0.15) is 14.9 Å². The minimum absolute atomic E-state index is 0.0887.